The third-order valence-corrected chi connectivity index (χ3v) is 5.06. The van der Waals surface area contributed by atoms with Crippen LogP contribution < -0.4 is 10.2 Å². The van der Waals surface area contributed by atoms with Gasteiger partial charge in [-0.2, -0.15) is 0 Å². The quantitative estimate of drug-likeness (QED) is 0.912. The Morgan fingerprint density at radius 1 is 1.33 bits per heavy atom. The highest BCUT2D eigenvalue weighted by molar-refractivity contribution is 5.34. The summed E-state index contributed by atoms with van der Waals surface area (Å²) < 4.78 is 0. The van der Waals surface area contributed by atoms with Crippen molar-refractivity contribution in [3.63, 3.8) is 0 Å². The normalized spacial score (nSPS) is 26.7. The zero-order valence-corrected chi connectivity index (χ0v) is 13.5. The van der Waals surface area contributed by atoms with Gasteiger partial charge < -0.3 is 15.1 Å². The molecule has 0 aromatic carbocycles. The van der Waals surface area contributed by atoms with Crippen LogP contribution in [0.25, 0.3) is 0 Å². The number of likely N-dealkylation sites (tertiary alicyclic amines) is 1. The van der Waals surface area contributed by atoms with E-state index in [2.05, 4.69) is 34.1 Å². The van der Waals surface area contributed by atoms with E-state index in [0.29, 0.717) is 0 Å². The molecule has 3 rings (SSSR count). The molecular formula is C16H27N5. The van der Waals surface area contributed by atoms with Crippen LogP contribution in [-0.4, -0.2) is 54.6 Å². The third-order valence-electron chi connectivity index (χ3n) is 5.06. The summed E-state index contributed by atoms with van der Waals surface area (Å²) in [6.07, 6.45) is 5.89. The highest BCUT2D eigenvalue weighted by Gasteiger charge is 2.34. The first-order valence-corrected chi connectivity index (χ1v) is 8.11. The summed E-state index contributed by atoms with van der Waals surface area (Å²) in [5.74, 6) is 1.69. The van der Waals surface area contributed by atoms with Crippen LogP contribution in [0.1, 0.15) is 30.5 Å². The Balaban J connectivity index is 1.72. The number of anilines is 1. The van der Waals surface area contributed by atoms with E-state index in [-0.39, 0.29) is 0 Å². The van der Waals surface area contributed by atoms with Gasteiger partial charge in [0.15, 0.2) is 0 Å². The number of aromatic nitrogens is 2. The predicted molar refractivity (Wildman–Crippen MR) is 85.5 cm³/mol. The van der Waals surface area contributed by atoms with Crippen LogP contribution in [0.15, 0.2) is 6.20 Å². The molecule has 3 heterocycles. The Morgan fingerprint density at radius 3 is 2.95 bits per heavy atom. The molecule has 0 amide bonds. The second kappa shape index (κ2) is 6.28. The number of fused-ring (bicyclic) bond motifs is 1. The number of aryl methyl sites for hydroxylation is 1. The average Bonchev–Trinajstić information content (AvgIpc) is 2.49. The molecule has 2 atom stereocenters. The van der Waals surface area contributed by atoms with Crippen molar-refractivity contribution < 1.29 is 0 Å². The van der Waals surface area contributed by atoms with Crippen LogP contribution in [-0.2, 0) is 6.54 Å². The van der Waals surface area contributed by atoms with Crippen molar-refractivity contribution in [2.24, 2.45) is 5.92 Å². The number of rotatable bonds is 3. The van der Waals surface area contributed by atoms with Crippen LogP contribution in [0, 0.1) is 12.8 Å². The standard InChI is InChI=1S/C16H27N5/c1-12-14(9-17-2)10-18-16(19-12)21-8-6-15-13(11-21)5-4-7-20(15)3/h10,13,15,17H,4-9,11H2,1-3H3. The lowest BCUT2D eigenvalue weighted by atomic mass is 9.84. The lowest BCUT2D eigenvalue weighted by molar-refractivity contribution is 0.102. The molecule has 21 heavy (non-hydrogen) atoms. The monoisotopic (exact) mass is 289 g/mol. The molecule has 2 aliphatic heterocycles. The van der Waals surface area contributed by atoms with Gasteiger partial charge in [-0.05, 0) is 52.7 Å². The van der Waals surface area contributed by atoms with Gasteiger partial charge in [0.05, 0.1) is 0 Å². The van der Waals surface area contributed by atoms with Gasteiger partial charge in [0, 0.05) is 43.1 Å². The van der Waals surface area contributed by atoms with Gasteiger partial charge in [0.25, 0.3) is 0 Å². The van der Waals surface area contributed by atoms with Gasteiger partial charge in [-0.15, -0.1) is 0 Å². The summed E-state index contributed by atoms with van der Waals surface area (Å²) in [5, 5.41) is 3.17. The molecule has 1 aromatic rings. The number of piperidine rings is 2. The second-order valence-electron chi connectivity index (χ2n) is 6.50. The van der Waals surface area contributed by atoms with Gasteiger partial charge in [0.1, 0.15) is 0 Å². The molecule has 116 valence electrons. The van der Waals surface area contributed by atoms with E-state index in [1.165, 1.54) is 31.4 Å². The molecule has 2 unspecified atom stereocenters. The fraction of sp³-hybridized carbons (Fsp3) is 0.750. The van der Waals surface area contributed by atoms with Crippen molar-refractivity contribution in [2.45, 2.75) is 38.8 Å². The lowest BCUT2D eigenvalue weighted by Crippen LogP contribution is -2.53. The van der Waals surface area contributed by atoms with Crippen molar-refractivity contribution in [3.8, 4) is 0 Å². The first-order valence-electron chi connectivity index (χ1n) is 8.11. The van der Waals surface area contributed by atoms with Crippen molar-refractivity contribution >= 4 is 5.95 Å². The highest BCUT2D eigenvalue weighted by Crippen LogP contribution is 2.30. The summed E-state index contributed by atoms with van der Waals surface area (Å²) in [4.78, 5) is 14.3. The second-order valence-corrected chi connectivity index (χ2v) is 6.50. The Hall–Kier alpha value is -1.20. The van der Waals surface area contributed by atoms with E-state index in [1.54, 1.807) is 0 Å². The van der Waals surface area contributed by atoms with E-state index in [0.717, 1.165) is 43.2 Å². The Morgan fingerprint density at radius 2 is 2.19 bits per heavy atom. The molecule has 1 N–H and O–H groups in total. The minimum absolute atomic E-state index is 0.764. The van der Waals surface area contributed by atoms with E-state index < -0.39 is 0 Å². The predicted octanol–water partition coefficient (Wildman–Crippen LogP) is 1.42. The molecule has 0 bridgehead atoms. The Labute approximate surface area is 127 Å². The summed E-state index contributed by atoms with van der Waals surface area (Å²) in [6.45, 7) is 6.37. The molecule has 2 saturated heterocycles. The fourth-order valence-corrected chi connectivity index (χ4v) is 3.83. The van der Waals surface area contributed by atoms with E-state index in [4.69, 9.17) is 4.98 Å². The molecule has 5 nitrogen and oxygen atoms in total. The minimum Gasteiger partial charge on any atom is -0.340 e. The van der Waals surface area contributed by atoms with Crippen LogP contribution in [0.2, 0.25) is 0 Å². The SMILES string of the molecule is CNCc1cnc(N2CCC3C(CCCN3C)C2)nc1C. The molecule has 0 spiro atoms. The highest BCUT2D eigenvalue weighted by atomic mass is 15.3. The molecular weight excluding hydrogens is 262 g/mol. The summed E-state index contributed by atoms with van der Waals surface area (Å²) in [6, 6.07) is 0.764. The topological polar surface area (TPSA) is 44.3 Å². The molecule has 1 aromatic heterocycles. The number of nitrogens with zero attached hydrogens (tertiary/aromatic N) is 4. The smallest absolute Gasteiger partial charge is 0.225 e. The summed E-state index contributed by atoms with van der Waals surface area (Å²) in [5.41, 5.74) is 2.28. The van der Waals surface area contributed by atoms with Gasteiger partial charge in [-0.25, -0.2) is 9.97 Å². The van der Waals surface area contributed by atoms with Crippen molar-refractivity contribution in [2.75, 3.05) is 38.6 Å². The first-order chi connectivity index (χ1) is 10.2. The van der Waals surface area contributed by atoms with Gasteiger partial charge in [-0.3, -0.25) is 0 Å². The molecule has 0 saturated carbocycles. The number of hydrogen-bond acceptors (Lipinski definition) is 5. The summed E-state index contributed by atoms with van der Waals surface area (Å²) in [7, 11) is 4.23. The number of nitrogens with one attached hydrogen (secondary N) is 1. The molecule has 0 radical (unpaired) electrons. The maximum Gasteiger partial charge on any atom is 0.225 e. The van der Waals surface area contributed by atoms with Gasteiger partial charge in [0.2, 0.25) is 5.95 Å². The Kier molecular flexibility index (Phi) is 4.40. The van der Waals surface area contributed by atoms with Crippen LogP contribution >= 0.6 is 0 Å². The van der Waals surface area contributed by atoms with E-state index >= 15 is 0 Å². The zero-order valence-electron chi connectivity index (χ0n) is 13.5. The minimum atomic E-state index is 0.764. The maximum atomic E-state index is 4.73. The van der Waals surface area contributed by atoms with Gasteiger partial charge in [-0.1, -0.05) is 0 Å². The maximum absolute atomic E-state index is 4.73. The number of hydrogen-bond donors (Lipinski definition) is 1. The molecule has 2 fully saturated rings. The van der Waals surface area contributed by atoms with Gasteiger partial charge >= 0.3 is 0 Å². The summed E-state index contributed by atoms with van der Waals surface area (Å²) >= 11 is 0. The molecule has 0 aliphatic carbocycles. The fourth-order valence-electron chi connectivity index (χ4n) is 3.83. The average molecular weight is 289 g/mol. The van der Waals surface area contributed by atoms with Crippen LogP contribution in [0.5, 0.6) is 0 Å². The van der Waals surface area contributed by atoms with Crippen LogP contribution in [0.3, 0.4) is 0 Å². The third kappa shape index (κ3) is 3.04. The molecule has 2 aliphatic rings. The first kappa shape index (κ1) is 14.7. The largest absolute Gasteiger partial charge is 0.340 e. The van der Waals surface area contributed by atoms with E-state index in [1.807, 2.05) is 13.2 Å². The van der Waals surface area contributed by atoms with Crippen LogP contribution in [0.4, 0.5) is 5.95 Å². The van der Waals surface area contributed by atoms with Crippen molar-refractivity contribution in [1.29, 1.82) is 0 Å². The van der Waals surface area contributed by atoms with Crippen molar-refractivity contribution in [3.05, 3.63) is 17.5 Å². The molecule has 5 heteroatoms. The van der Waals surface area contributed by atoms with Crippen molar-refractivity contribution in [1.82, 2.24) is 20.2 Å². The lowest BCUT2D eigenvalue weighted by Gasteiger charge is -2.46. The zero-order chi connectivity index (χ0) is 14.8. The Bertz CT molecular complexity index is 490. The van der Waals surface area contributed by atoms with E-state index in [9.17, 15) is 0 Å².